The van der Waals surface area contributed by atoms with Crippen LogP contribution in [0.25, 0.3) is 0 Å². The zero-order chi connectivity index (χ0) is 37.2. The Morgan fingerprint density at radius 2 is 1.56 bits per heavy atom. The molecule has 0 unspecified atom stereocenters. The lowest BCUT2D eigenvalue weighted by Gasteiger charge is -2.51. The van der Waals surface area contributed by atoms with Crippen molar-refractivity contribution < 1.29 is 23.1 Å². The van der Waals surface area contributed by atoms with E-state index in [0.717, 1.165) is 56.1 Å². The molecule has 4 rings (SSSR count). The number of hydrogen-bond donors (Lipinski definition) is 0. The average molecular weight is 727 g/mol. The van der Waals surface area contributed by atoms with Gasteiger partial charge >= 0.3 is 5.97 Å². The molecule has 0 aromatic carbocycles. The van der Waals surface area contributed by atoms with Crippen LogP contribution in [0.4, 0.5) is 0 Å². The number of carbonyl (C=O) groups excluding carboxylic acids is 1. The summed E-state index contributed by atoms with van der Waals surface area (Å²) in [6.45, 7) is 32.2. The van der Waals surface area contributed by atoms with Crippen LogP contribution < -0.4 is 0 Å². The summed E-state index contributed by atoms with van der Waals surface area (Å²) in [4.78, 5) is 13.5. The molecular formula is C43H74O5Si2. The molecule has 0 bridgehead atoms. The minimum absolute atomic E-state index is 0.0222. The van der Waals surface area contributed by atoms with Crippen molar-refractivity contribution in [2.24, 2.45) is 11.3 Å². The van der Waals surface area contributed by atoms with E-state index in [1.165, 1.54) is 32.1 Å². The van der Waals surface area contributed by atoms with Crippen LogP contribution in [0.2, 0.25) is 36.3 Å². The van der Waals surface area contributed by atoms with Crippen LogP contribution in [0, 0.1) is 11.3 Å². The summed E-state index contributed by atoms with van der Waals surface area (Å²) in [7, 11) is -4.56. The summed E-state index contributed by atoms with van der Waals surface area (Å²) >= 11 is 0. The number of esters is 1. The van der Waals surface area contributed by atoms with Gasteiger partial charge in [-0.05, 0) is 117 Å². The van der Waals surface area contributed by atoms with Crippen molar-refractivity contribution in [1.82, 2.24) is 0 Å². The van der Waals surface area contributed by atoms with Crippen molar-refractivity contribution in [1.29, 1.82) is 0 Å². The van der Waals surface area contributed by atoms with Crippen molar-refractivity contribution in [3.8, 4) is 0 Å². The first-order valence-corrected chi connectivity index (χ1v) is 25.9. The van der Waals surface area contributed by atoms with Gasteiger partial charge in [0.1, 0.15) is 12.7 Å². The second-order valence-corrected chi connectivity index (χ2v) is 28.8. The summed E-state index contributed by atoms with van der Waals surface area (Å²) in [6, 6.07) is 0. The molecule has 0 heterocycles. The summed E-state index contributed by atoms with van der Waals surface area (Å²) in [6.07, 6.45) is 21.7. The fourth-order valence-electron chi connectivity index (χ4n) is 8.34. The van der Waals surface area contributed by atoms with Crippen LogP contribution in [0.5, 0.6) is 0 Å². The van der Waals surface area contributed by atoms with Crippen molar-refractivity contribution in [3.05, 3.63) is 47.1 Å². The quantitative estimate of drug-likeness (QED) is 0.0971. The normalized spacial score (nSPS) is 31.0. The van der Waals surface area contributed by atoms with Gasteiger partial charge in [0, 0.05) is 12.8 Å². The van der Waals surface area contributed by atoms with Gasteiger partial charge in [-0.25, -0.2) is 4.79 Å². The number of rotatable bonds is 10. The lowest BCUT2D eigenvalue weighted by molar-refractivity contribution is -0.217. The zero-order valence-electron chi connectivity index (χ0n) is 34.3. The highest BCUT2D eigenvalue weighted by molar-refractivity contribution is 6.74. The Bertz CT molecular complexity index is 1300. The van der Waals surface area contributed by atoms with Crippen LogP contribution in [-0.4, -0.2) is 47.2 Å². The third-order valence-corrected chi connectivity index (χ3v) is 22.6. The van der Waals surface area contributed by atoms with E-state index in [2.05, 4.69) is 99.8 Å². The molecule has 3 saturated carbocycles. The number of carbonyl (C=O) groups is 1. The molecule has 0 amide bonds. The highest BCUT2D eigenvalue weighted by Crippen LogP contribution is 2.56. The lowest BCUT2D eigenvalue weighted by atomic mass is 9.64. The SMILES string of the molecule is C=C1C(=CC=C2CCC[C@]3(C)C(CC)=CC[C@@H]23)C[C@@](OCC(=O)OC2CCCCCCC2)(O[Si](C)(C)C(C)(C)C)C[C@@H]1O[Si](C)(C)C(C)(C)C. The molecule has 0 aromatic rings. The third-order valence-electron chi connectivity index (χ3n) is 13.6. The predicted octanol–water partition coefficient (Wildman–Crippen LogP) is 12.5. The molecule has 0 aromatic heterocycles. The van der Waals surface area contributed by atoms with Gasteiger partial charge < -0.3 is 18.3 Å². The third kappa shape index (κ3) is 9.64. The molecule has 3 fully saturated rings. The predicted molar refractivity (Wildman–Crippen MR) is 214 cm³/mol. The fraction of sp³-hybridized carbons (Fsp3) is 0.791. The fourth-order valence-corrected chi connectivity index (χ4v) is 11.1. The first-order valence-electron chi connectivity index (χ1n) is 20.1. The van der Waals surface area contributed by atoms with E-state index >= 15 is 0 Å². The maximum atomic E-state index is 13.5. The van der Waals surface area contributed by atoms with E-state index in [1.54, 1.807) is 11.1 Å². The van der Waals surface area contributed by atoms with Crippen LogP contribution in [0.3, 0.4) is 0 Å². The standard InChI is InChI=1S/C43H74O5Si2/c1-14-35-26-27-37-33(21-20-28-42(35,37)9)24-25-34-29-43(48-50(12,13)41(6,7)8,30-38(32(34)2)47-49(10,11)40(3,4)5)45-31-39(44)46-36-22-18-16-15-17-19-23-36/h24-26,36-38H,2,14-23,27-31H2,1,3-13H3/t37-,38-,42+,43+/m0/s1. The summed E-state index contributed by atoms with van der Waals surface area (Å²) in [5.74, 6) is -0.742. The Balaban J connectivity index is 1.71. The van der Waals surface area contributed by atoms with Gasteiger partial charge in [-0.2, -0.15) is 0 Å². The maximum absolute atomic E-state index is 13.5. The summed E-state index contributed by atoms with van der Waals surface area (Å²) in [5, 5.41) is -0.0153. The molecule has 4 aliphatic rings. The number of hydrogen-bond acceptors (Lipinski definition) is 5. The molecule has 4 atom stereocenters. The number of fused-ring (bicyclic) bond motifs is 1. The molecule has 0 spiro atoms. The molecule has 50 heavy (non-hydrogen) atoms. The molecule has 5 nitrogen and oxygen atoms in total. The van der Waals surface area contributed by atoms with E-state index in [9.17, 15) is 4.79 Å². The van der Waals surface area contributed by atoms with E-state index in [1.807, 2.05) is 0 Å². The van der Waals surface area contributed by atoms with Crippen molar-refractivity contribution in [3.63, 3.8) is 0 Å². The first kappa shape index (κ1) is 41.5. The lowest BCUT2D eigenvalue weighted by Crippen LogP contribution is -2.56. The maximum Gasteiger partial charge on any atom is 0.332 e. The highest BCUT2D eigenvalue weighted by atomic mass is 28.4. The molecule has 0 saturated heterocycles. The van der Waals surface area contributed by atoms with Crippen molar-refractivity contribution in [2.75, 3.05) is 6.61 Å². The van der Waals surface area contributed by atoms with Gasteiger partial charge in [-0.1, -0.05) is 111 Å². The number of allylic oxidation sites excluding steroid dienone is 5. The van der Waals surface area contributed by atoms with Crippen LogP contribution in [-0.2, 0) is 23.1 Å². The average Bonchev–Trinajstić information content (AvgIpc) is 3.33. The molecule has 7 heteroatoms. The molecule has 4 aliphatic carbocycles. The van der Waals surface area contributed by atoms with E-state index in [0.29, 0.717) is 18.8 Å². The van der Waals surface area contributed by atoms with Crippen molar-refractivity contribution in [2.45, 2.75) is 200 Å². The van der Waals surface area contributed by atoms with Crippen LogP contribution >= 0.6 is 0 Å². The monoisotopic (exact) mass is 727 g/mol. The van der Waals surface area contributed by atoms with Gasteiger partial charge in [0.05, 0.1) is 6.10 Å². The van der Waals surface area contributed by atoms with E-state index in [-0.39, 0.29) is 40.3 Å². The van der Waals surface area contributed by atoms with Gasteiger partial charge in [0.25, 0.3) is 0 Å². The first-order chi connectivity index (χ1) is 23.1. The molecule has 0 N–H and O–H groups in total. The largest absolute Gasteiger partial charge is 0.461 e. The van der Waals surface area contributed by atoms with Crippen LogP contribution in [0.15, 0.2) is 47.1 Å². The topological polar surface area (TPSA) is 54.0 Å². The Morgan fingerprint density at radius 1 is 0.940 bits per heavy atom. The van der Waals surface area contributed by atoms with Crippen molar-refractivity contribution >= 4 is 22.6 Å². The summed E-state index contributed by atoms with van der Waals surface area (Å²) in [5.41, 5.74) is 5.59. The second kappa shape index (κ2) is 16.0. The van der Waals surface area contributed by atoms with Gasteiger partial charge in [0.15, 0.2) is 22.4 Å². The Kier molecular flexibility index (Phi) is 13.3. The second-order valence-electron chi connectivity index (χ2n) is 19.4. The van der Waals surface area contributed by atoms with Gasteiger partial charge in [-0.15, -0.1) is 0 Å². The Hall–Kier alpha value is -1.26. The molecule has 0 aliphatic heterocycles. The minimum atomic E-state index is -2.36. The highest BCUT2D eigenvalue weighted by Gasteiger charge is 2.52. The van der Waals surface area contributed by atoms with E-state index < -0.39 is 22.4 Å². The van der Waals surface area contributed by atoms with E-state index in [4.69, 9.17) is 24.9 Å². The van der Waals surface area contributed by atoms with Crippen LogP contribution in [0.1, 0.15) is 145 Å². The smallest absolute Gasteiger partial charge is 0.332 e. The molecule has 0 radical (unpaired) electrons. The summed E-state index contributed by atoms with van der Waals surface area (Å²) < 4.78 is 27.5. The Morgan fingerprint density at radius 3 is 2.16 bits per heavy atom. The Labute approximate surface area is 309 Å². The molecule has 284 valence electrons. The number of ether oxygens (including phenoxy) is 2. The molecular weight excluding hydrogens is 653 g/mol. The van der Waals surface area contributed by atoms with Gasteiger partial charge in [0.2, 0.25) is 0 Å². The zero-order valence-corrected chi connectivity index (χ0v) is 36.3. The minimum Gasteiger partial charge on any atom is -0.461 e. The van der Waals surface area contributed by atoms with Gasteiger partial charge in [-0.3, -0.25) is 0 Å².